The van der Waals surface area contributed by atoms with Gasteiger partial charge in [-0.1, -0.05) is 46.3 Å². The lowest BCUT2D eigenvalue weighted by Crippen LogP contribution is -2.46. The molecule has 0 aliphatic carbocycles. The van der Waals surface area contributed by atoms with Crippen molar-refractivity contribution in [3.8, 4) is 5.75 Å². The number of amides is 1. The normalized spacial score (nSPS) is 20.3. The average Bonchev–Trinajstić information content (AvgIpc) is 2.54. The third kappa shape index (κ3) is 2.18. The number of anilines is 1. The van der Waals surface area contributed by atoms with E-state index in [-0.39, 0.29) is 5.78 Å². The fourth-order valence-electron chi connectivity index (χ4n) is 2.43. The molecule has 0 spiro atoms. The zero-order valence-corrected chi connectivity index (χ0v) is 14.7. The molecule has 22 heavy (non-hydrogen) atoms. The number of benzene rings is 2. The maximum absolute atomic E-state index is 12.9. The molecule has 6 heteroatoms. The van der Waals surface area contributed by atoms with Crippen LogP contribution in [0.4, 0.5) is 5.69 Å². The van der Waals surface area contributed by atoms with Crippen LogP contribution in [0.5, 0.6) is 5.75 Å². The minimum Gasteiger partial charge on any atom is -0.495 e. The van der Waals surface area contributed by atoms with Crippen molar-refractivity contribution in [2.24, 2.45) is 0 Å². The van der Waals surface area contributed by atoms with Gasteiger partial charge in [-0.3, -0.25) is 9.59 Å². The molecule has 1 N–H and O–H groups in total. The highest BCUT2D eigenvalue weighted by molar-refractivity contribution is 9.10. The number of Topliss-reactive ketones (excluding diaryl/α,β-unsaturated/α-hetero) is 1. The minimum atomic E-state index is -1.42. The molecule has 0 saturated heterocycles. The topological polar surface area (TPSA) is 55.4 Å². The van der Waals surface area contributed by atoms with Crippen LogP contribution in [0.2, 0.25) is 0 Å². The fourth-order valence-corrected chi connectivity index (χ4v) is 3.51. The zero-order valence-electron chi connectivity index (χ0n) is 11.5. The lowest BCUT2D eigenvalue weighted by Gasteiger charge is -2.31. The molecule has 0 aromatic heterocycles. The van der Waals surface area contributed by atoms with Crippen molar-refractivity contribution in [3.63, 3.8) is 0 Å². The van der Waals surface area contributed by atoms with E-state index in [4.69, 9.17) is 4.74 Å². The zero-order chi connectivity index (χ0) is 15.9. The molecule has 0 saturated carbocycles. The van der Waals surface area contributed by atoms with Crippen molar-refractivity contribution < 1.29 is 14.3 Å². The smallest absolute Gasteiger partial charge is 0.253 e. The Morgan fingerprint density at radius 2 is 1.82 bits per heavy atom. The highest BCUT2D eigenvalue weighted by Gasteiger charge is 2.49. The number of hydrogen-bond donors (Lipinski definition) is 1. The first kappa shape index (κ1) is 15.2. The van der Waals surface area contributed by atoms with Crippen LogP contribution in [-0.4, -0.2) is 18.8 Å². The van der Waals surface area contributed by atoms with Gasteiger partial charge in [0.15, 0.2) is 10.1 Å². The molecule has 2 aromatic carbocycles. The summed E-state index contributed by atoms with van der Waals surface area (Å²) in [5.74, 6) is -0.171. The Balaban J connectivity index is 2.18. The molecule has 1 aliphatic heterocycles. The van der Waals surface area contributed by atoms with Crippen molar-refractivity contribution >= 4 is 49.2 Å². The SMILES string of the molecule is COc1cc2c(cc1Br)C(=O)C(Br)(c1ccccc1)C(=O)N2. The largest absolute Gasteiger partial charge is 0.495 e. The number of ketones is 1. The number of hydrogen-bond acceptors (Lipinski definition) is 3. The predicted octanol–water partition coefficient (Wildman–Crippen LogP) is 3.88. The third-order valence-corrected chi connectivity index (χ3v) is 5.38. The Hall–Kier alpha value is -1.66. The van der Waals surface area contributed by atoms with Crippen LogP contribution in [0.15, 0.2) is 46.9 Å². The summed E-state index contributed by atoms with van der Waals surface area (Å²) in [5.41, 5.74) is 1.46. The van der Waals surface area contributed by atoms with Gasteiger partial charge >= 0.3 is 0 Å². The molecule has 4 nitrogen and oxygen atoms in total. The highest BCUT2D eigenvalue weighted by Crippen LogP contribution is 2.44. The van der Waals surface area contributed by atoms with E-state index in [0.29, 0.717) is 27.0 Å². The summed E-state index contributed by atoms with van der Waals surface area (Å²) in [6.07, 6.45) is 0. The lowest BCUT2D eigenvalue weighted by atomic mass is 9.86. The summed E-state index contributed by atoms with van der Waals surface area (Å²) >= 11 is 6.72. The number of rotatable bonds is 2. The van der Waals surface area contributed by atoms with Gasteiger partial charge in [-0.2, -0.15) is 0 Å². The van der Waals surface area contributed by atoms with E-state index in [1.807, 2.05) is 6.07 Å². The maximum atomic E-state index is 12.9. The molecule has 0 bridgehead atoms. The van der Waals surface area contributed by atoms with Crippen LogP contribution in [0.3, 0.4) is 0 Å². The van der Waals surface area contributed by atoms with E-state index in [0.717, 1.165) is 0 Å². The van der Waals surface area contributed by atoms with Gasteiger partial charge in [-0.15, -0.1) is 0 Å². The van der Waals surface area contributed by atoms with Crippen LogP contribution in [-0.2, 0) is 9.12 Å². The van der Waals surface area contributed by atoms with Crippen molar-refractivity contribution in [1.82, 2.24) is 0 Å². The van der Waals surface area contributed by atoms with E-state index in [9.17, 15) is 9.59 Å². The number of nitrogens with one attached hydrogen (secondary N) is 1. The fraction of sp³-hybridized carbons (Fsp3) is 0.125. The molecule has 0 radical (unpaired) electrons. The van der Waals surface area contributed by atoms with E-state index in [2.05, 4.69) is 37.2 Å². The first-order valence-corrected chi connectivity index (χ1v) is 8.05. The summed E-state index contributed by atoms with van der Waals surface area (Å²) < 4.78 is 4.43. The van der Waals surface area contributed by atoms with E-state index >= 15 is 0 Å². The summed E-state index contributed by atoms with van der Waals surface area (Å²) in [6, 6.07) is 12.2. The van der Waals surface area contributed by atoms with Crippen LogP contribution >= 0.6 is 31.9 Å². The number of carbonyl (C=O) groups excluding carboxylic acids is 2. The second-order valence-electron chi connectivity index (χ2n) is 4.84. The Bertz CT molecular complexity index is 776. The molecule has 2 aromatic rings. The van der Waals surface area contributed by atoms with Gasteiger partial charge in [-0.05, 0) is 27.6 Å². The standard InChI is InChI=1S/C16H11Br2NO3/c1-22-13-8-12-10(7-11(13)17)14(20)16(18,15(21)19-12)9-5-3-2-4-6-9/h2-8H,1H3,(H,19,21). The number of alkyl halides is 1. The molecule has 1 unspecified atom stereocenters. The molecule has 1 amide bonds. The van der Waals surface area contributed by atoms with Crippen LogP contribution < -0.4 is 10.1 Å². The summed E-state index contributed by atoms with van der Waals surface area (Å²) in [5, 5.41) is 2.77. The van der Waals surface area contributed by atoms with Gasteiger partial charge in [-0.25, -0.2) is 0 Å². The van der Waals surface area contributed by atoms with Crippen molar-refractivity contribution in [1.29, 1.82) is 0 Å². The summed E-state index contributed by atoms with van der Waals surface area (Å²) in [4.78, 5) is 25.5. The molecule has 0 fully saturated rings. The van der Waals surface area contributed by atoms with Crippen molar-refractivity contribution in [2.45, 2.75) is 4.32 Å². The second kappa shape index (κ2) is 5.52. The Morgan fingerprint density at radius 1 is 1.14 bits per heavy atom. The van der Waals surface area contributed by atoms with Gasteiger partial charge in [0.25, 0.3) is 5.91 Å². The van der Waals surface area contributed by atoms with Gasteiger partial charge in [0.1, 0.15) is 5.75 Å². The monoisotopic (exact) mass is 423 g/mol. The molecular weight excluding hydrogens is 414 g/mol. The van der Waals surface area contributed by atoms with Gasteiger partial charge in [0, 0.05) is 11.6 Å². The molecule has 1 atom stereocenters. The van der Waals surface area contributed by atoms with E-state index in [1.165, 1.54) is 7.11 Å². The predicted molar refractivity (Wildman–Crippen MR) is 90.7 cm³/mol. The first-order valence-electron chi connectivity index (χ1n) is 6.46. The summed E-state index contributed by atoms with van der Waals surface area (Å²) in [7, 11) is 1.53. The molecular formula is C16H11Br2NO3. The molecule has 1 aliphatic rings. The first-order chi connectivity index (χ1) is 10.5. The highest BCUT2D eigenvalue weighted by atomic mass is 79.9. The number of ether oxygens (including phenoxy) is 1. The molecule has 1 heterocycles. The third-order valence-electron chi connectivity index (χ3n) is 3.58. The lowest BCUT2D eigenvalue weighted by molar-refractivity contribution is -0.117. The average molecular weight is 425 g/mol. The maximum Gasteiger partial charge on any atom is 0.253 e. The van der Waals surface area contributed by atoms with E-state index < -0.39 is 10.2 Å². The van der Waals surface area contributed by atoms with Crippen molar-refractivity contribution in [2.75, 3.05) is 12.4 Å². The number of carbonyl (C=O) groups is 2. The quantitative estimate of drug-likeness (QED) is 0.587. The Kier molecular flexibility index (Phi) is 3.82. The van der Waals surface area contributed by atoms with Crippen LogP contribution in [0.1, 0.15) is 15.9 Å². The number of fused-ring (bicyclic) bond motifs is 1. The molecule has 3 rings (SSSR count). The summed E-state index contributed by atoms with van der Waals surface area (Å²) in [6.45, 7) is 0. The van der Waals surface area contributed by atoms with Crippen LogP contribution in [0, 0.1) is 0 Å². The molecule has 112 valence electrons. The van der Waals surface area contributed by atoms with Gasteiger partial charge < -0.3 is 10.1 Å². The van der Waals surface area contributed by atoms with Gasteiger partial charge in [0.2, 0.25) is 0 Å². The van der Waals surface area contributed by atoms with Crippen LogP contribution in [0.25, 0.3) is 0 Å². The van der Waals surface area contributed by atoms with E-state index in [1.54, 1.807) is 36.4 Å². The number of methoxy groups -OCH3 is 1. The second-order valence-corrected chi connectivity index (χ2v) is 6.88. The van der Waals surface area contributed by atoms with Gasteiger partial charge in [0.05, 0.1) is 17.3 Å². The Labute approximate surface area is 144 Å². The minimum absolute atomic E-state index is 0.305. The van der Waals surface area contributed by atoms with Crippen molar-refractivity contribution in [3.05, 3.63) is 58.1 Å². The number of halogens is 2. The Morgan fingerprint density at radius 3 is 2.45 bits per heavy atom.